The molecule has 2 heteroatoms. The first-order chi connectivity index (χ1) is 1.00. The van der Waals surface area contributed by atoms with E-state index in [1.54, 1.807) is 6.92 Å². The Balaban J connectivity index is -0.00000000500. The Morgan fingerprint density at radius 2 is 1.25 bits per heavy atom. The van der Waals surface area contributed by atoms with Crippen molar-refractivity contribution in [3.8, 4) is 0 Å². The van der Waals surface area contributed by atoms with Gasteiger partial charge < -0.3 is 6.92 Å². The standard InChI is InChI=1S/C2H5.Cd.ClH/c1-2;;/h1H2,2H3;;1H/q-1;;. The molecule has 4 heavy (non-hydrogen) atoms. The third-order valence-corrected chi connectivity index (χ3v) is 0. The number of hydrogen-bond donors (Lipinski definition) is 0. The summed E-state index contributed by atoms with van der Waals surface area (Å²) in [5.74, 6) is 0. The van der Waals surface area contributed by atoms with Crippen LogP contribution in [0.2, 0.25) is 0 Å². The quantitative estimate of drug-likeness (QED) is 0.386. The minimum Gasteiger partial charge on any atom is -0.346 e. The molecule has 0 radical (unpaired) electrons. The maximum Gasteiger partial charge on any atom is 0 e. The van der Waals surface area contributed by atoms with E-state index < -0.39 is 0 Å². The molecular weight excluding hydrogens is 172 g/mol. The molecule has 0 N–H and O–H groups in total. The van der Waals surface area contributed by atoms with E-state index in [1.807, 2.05) is 0 Å². The van der Waals surface area contributed by atoms with Crippen molar-refractivity contribution in [3.05, 3.63) is 6.92 Å². The molecule has 0 atom stereocenters. The summed E-state index contributed by atoms with van der Waals surface area (Å²) in [6, 6.07) is 0. The monoisotopic (exact) mass is 179 g/mol. The zero-order valence-electron chi connectivity index (χ0n) is 2.82. The minimum absolute atomic E-state index is 0. The Morgan fingerprint density at radius 1 is 1.25 bits per heavy atom. The van der Waals surface area contributed by atoms with Crippen molar-refractivity contribution in [1.29, 1.82) is 0 Å². The number of rotatable bonds is 0. The van der Waals surface area contributed by atoms with Gasteiger partial charge in [-0.2, -0.15) is 6.92 Å². The van der Waals surface area contributed by atoms with E-state index in [1.165, 1.54) is 0 Å². The minimum atomic E-state index is 0. The second-order valence-electron chi connectivity index (χ2n) is 0. The van der Waals surface area contributed by atoms with E-state index in [9.17, 15) is 0 Å². The topological polar surface area (TPSA) is 0 Å². The molecule has 0 aliphatic rings. The summed E-state index contributed by atoms with van der Waals surface area (Å²) in [4.78, 5) is 0. The molecule has 0 aromatic rings. The fraction of sp³-hybridized carbons (Fsp3) is 0.500. The third kappa shape index (κ3) is 10.7. The van der Waals surface area contributed by atoms with Crippen LogP contribution >= 0.6 is 12.4 Å². The molecule has 0 amide bonds. The second kappa shape index (κ2) is 29.6. The first kappa shape index (κ1) is 18.9. The summed E-state index contributed by atoms with van der Waals surface area (Å²) in [7, 11) is 0. The maximum atomic E-state index is 3.25. The predicted molar refractivity (Wildman–Crippen MR) is 18.3 cm³/mol. The number of halogens is 1. The van der Waals surface area contributed by atoms with Crippen molar-refractivity contribution in [2.24, 2.45) is 0 Å². The van der Waals surface area contributed by atoms with E-state index in [-0.39, 0.29) is 39.7 Å². The average Bonchev–Trinajstić information content (AvgIpc) is 1.00. The van der Waals surface area contributed by atoms with Crippen molar-refractivity contribution < 1.29 is 27.3 Å². The van der Waals surface area contributed by atoms with E-state index in [0.717, 1.165) is 0 Å². The maximum absolute atomic E-state index is 3.25. The van der Waals surface area contributed by atoms with Crippen LogP contribution in [0.3, 0.4) is 0 Å². The van der Waals surface area contributed by atoms with Gasteiger partial charge in [0.1, 0.15) is 0 Å². The summed E-state index contributed by atoms with van der Waals surface area (Å²) in [5, 5.41) is 0. The zero-order chi connectivity index (χ0) is 2.00. The molecule has 0 rings (SSSR count). The summed E-state index contributed by atoms with van der Waals surface area (Å²) in [6.07, 6.45) is 0. The van der Waals surface area contributed by atoms with Crippen LogP contribution in [-0.4, -0.2) is 0 Å². The van der Waals surface area contributed by atoms with E-state index in [2.05, 4.69) is 6.92 Å². The molecule has 0 saturated carbocycles. The normalized spacial score (nSPS) is 1.50. The molecule has 0 heterocycles. The van der Waals surface area contributed by atoms with Crippen LogP contribution in [0.15, 0.2) is 0 Å². The zero-order valence-corrected chi connectivity index (χ0v) is 7.68. The summed E-state index contributed by atoms with van der Waals surface area (Å²) in [6.45, 7) is 5.00. The molecule has 0 bridgehead atoms. The second-order valence-corrected chi connectivity index (χ2v) is 0. The van der Waals surface area contributed by atoms with E-state index in [4.69, 9.17) is 0 Å². The SMILES string of the molecule is Cl.[CH2-]C.[Cd]. The molecule has 0 fully saturated rings. The Hall–Kier alpha value is 1.21. The predicted octanol–water partition coefficient (Wildman–Crippen LogP) is 1.26. The molecule has 0 saturated heterocycles. The summed E-state index contributed by atoms with van der Waals surface area (Å²) < 4.78 is 0. The van der Waals surface area contributed by atoms with Gasteiger partial charge in [0, 0.05) is 27.3 Å². The molecule has 0 aromatic carbocycles. The van der Waals surface area contributed by atoms with Crippen molar-refractivity contribution in [2.75, 3.05) is 0 Å². The Morgan fingerprint density at radius 3 is 1.25 bits per heavy atom. The number of hydrogen-bond acceptors (Lipinski definition) is 0. The molecule has 0 unspecified atom stereocenters. The largest absolute Gasteiger partial charge is 0.346 e. The van der Waals surface area contributed by atoms with Gasteiger partial charge in [0.25, 0.3) is 0 Å². The van der Waals surface area contributed by atoms with Crippen LogP contribution in [0, 0.1) is 6.92 Å². The van der Waals surface area contributed by atoms with Crippen LogP contribution in [-0.2, 0) is 27.3 Å². The van der Waals surface area contributed by atoms with Gasteiger partial charge in [-0.25, -0.2) is 0 Å². The van der Waals surface area contributed by atoms with Crippen LogP contribution in [0.4, 0.5) is 0 Å². The van der Waals surface area contributed by atoms with Gasteiger partial charge >= 0.3 is 0 Å². The van der Waals surface area contributed by atoms with Crippen LogP contribution in [0.5, 0.6) is 0 Å². The van der Waals surface area contributed by atoms with Gasteiger partial charge in [-0.15, -0.1) is 12.4 Å². The van der Waals surface area contributed by atoms with Crippen LogP contribution in [0.1, 0.15) is 6.92 Å². The third-order valence-electron chi connectivity index (χ3n) is 0. The molecule has 0 aliphatic heterocycles. The molecular formula is C2H6CdCl-. The van der Waals surface area contributed by atoms with Crippen molar-refractivity contribution >= 4 is 12.4 Å². The first-order valence-electron chi connectivity index (χ1n) is 0.707. The fourth-order valence-electron chi connectivity index (χ4n) is 0. The summed E-state index contributed by atoms with van der Waals surface area (Å²) >= 11 is 0. The molecule has 0 aromatic heterocycles. The Labute approximate surface area is 53.5 Å². The molecule has 0 aliphatic carbocycles. The van der Waals surface area contributed by atoms with Crippen LogP contribution in [0.25, 0.3) is 0 Å². The van der Waals surface area contributed by atoms with Gasteiger partial charge in [0.05, 0.1) is 0 Å². The van der Waals surface area contributed by atoms with Crippen LogP contribution < -0.4 is 0 Å². The summed E-state index contributed by atoms with van der Waals surface area (Å²) in [5.41, 5.74) is 0. The van der Waals surface area contributed by atoms with E-state index >= 15 is 0 Å². The van der Waals surface area contributed by atoms with Gasteiger partial charge in [-0.3, -0.25) is 0 Å². The Bertz CT molecular complexity index is 6.00. The molecule has 0 nitrogen and oxygen atoms in total. The van der Waals surface area contributed by atoms with E-state index in [0.29, 0.717) is 0 Å². The molecule has 24 valence electrons. The van der Waals surface area contributed by atoms with Gasteiger partial charge in [0.15, 0.2) is 0 Å². The smallest absolute Gasteiger partial charge is 0 e. The Kier molecular flexibility index (Phi) is 140. The van der Waals surface area contributed by atoms with Crippen molar-refractivity contribution in [1.82, 2.24) is 0 Å². The average molecular weight is 178 g/mol. The van der Waals surface area contributed by atoms with Gasteiger partial charge in [-0.05, 0) is 0 Å². The van der Waals surface area contributed by atoms with Crippen molar-refractivity contribution in [3.63, 3.8) is 0 Å². The first-order valence-corrected chi connectivity index (χ1v) is 0.707. The van der Waals surface area contributed by atoms with Crippen molar-refractivity contribution in [2.45, 2.75) is 6.92 Å². The van der Waals surface area contributed by atoms with Gasteiger partial charge in [-0.1, -0.05) is 0 Å². The fourth-order valence-corrected chi connectivity index (χ4v) is 0. The van der Waals surface area contributed by atoms with Gasteiger partial charge in [0.2, 0.25) is 0 Å². The molecule has 0 spiro atoms.